The molecule has 3 nitrogen and oxygen atoms in total. The Morgan fingerprint density at radius 2 is 2.20 bits per heavy atom. The van der Waals surface area contributed by atoms with Crippen molar-refractivity contribution in [3.05, 3.63) is 0 Å². The van der Waals surface area contributed by atoms with E-state index in [0.29, 0.717) is 0 Å². The second kappa shape index (κ2) is 2.14. The lowest BCUT2D eigenvalue weighted by atomic mass is 11.2. The van der Waals surface area contributed by atoms with Crippen LogP contribution < -0.4 is 5.73 Å². The Balaban J connectivity index is 2.54. The maximum atomic E-state index is 7.92. The van der Waals surface area contributed by atoms with Crippen molar-refractivity contribution >= 4 is 0 Å². The average molecular weight is 77.1 g/mol. The van der Waals surface area contributed by atoms with Crippen LogP contribution >= 0.6 is 0 Å². The first-order chi connectivity index (χ1) is 2.27. The van der Waals surface area contributed by atoms with Gasteiger partial charge in [0.2, 0.25) is 6.41 Å². The summed E-state index contributed by atoms with van der Waals surface area (Å²) in [5, 5.41) is 7.92. The molecule has 0 heterocycles. The molecule has 1 atom stereocenters. The molecular formula is C2H7NO2. The smallest absolute Gasteiger partial charge is 0.210 e. The number of methoxy groups -OCH3 is 1. The molecular weight excluding hydrogens is 70.0 g/mol. The van der Waals surface area contributed by atoms with Gasteiger partial charge >= 0.3 is 0 Å². The highest BCUT2D eigenvalue weighted by Gasteiger charge is 1.80. The third kappa shape index (κ3) is 3.88. The monoisotopic (exact) mass is 77.0 g/mol. The lowest BCUT2D eigenvalue weighted by Crippen LogP contribution is -2.19. The summed E-state index contributed by atoms with van der Waals surface area (Å²) in [6, 6.07) is 0. The van der Waals surface area contributed by atoms with Crippen molar-refractivity contribution in [3.63, 3.8) is 0 Å². The van der Waals surface area contributed by atoms with Gasteiger partial charge in [-0.25, -0.2) is 0 Å². The lowest BCUT2D eigenvalue weighted by Gasteiger charge is -1.94. The van der Waals surface area contributed by atoms with Crippen LogP contribution in [-0.4, -0.2) is 18.6 Å². The fourth-order valence-corrected chi connectivity index (χ4v) is 0. The molecule has 32 valence electrons. The van der Waals surface area contributed by atoms with E-state index in [9.17, 15) is 0 Å². The molecule has 5 heavy (non-hydrogen) atoms. The number of rotatable bonds is 1. The average Bonchev–Trinajstić information content (AvgIpc) is 1.38. The molecule has 0 fully saturated rings. The molecule has 3 heteroatoms. The largest absolute Gasteiger partial charge is 0.356 e. The van der Waals surface area contributed by atoms with Crippen LogP contribution in [0.15, 0.2) is 0 Å². The highest BCUT2D eigenvalue weighted by Crippen LogP contribution is 1.60. The van der Waals surface area contributed by atoms with Crippen molar-refractivity contribution in [1.29, 1.82) is 0 Å². The fraction of sp³-hybridized carbons (Fsp3) is 1.00. The highest BCUT2D eigenvalue weighted by atomic mass is 16.6. The number of aliphatic hydroxyl groups is 1. The van der Waals surface area contributed by atoms with Crippen molar-refractivity contribution in [1.82, 2.24) is 0 Å². The molecule has 0 unspecified atom stereocenters. The van der Waals surface area contributed by atoms with Crippen molar-refractivity contribution in [2.24, 2.45) is 5.73 Å². The molecule has 0 aromatic heterocycles. The summed E-state index contributed by atoms with van der Waals surface area (Å²) in [6.45, 7) is 0. The normalized spacial score (nSPS) is 15.0. The second-order valence-electron chi connectivity index (χ2n) is 0.626. The Kier molecular flexibility index (Phi) is 2.09. The molecule has 0 aromatic carbocycles. The van der Waals surface area contributed by atoms with Crippen molar-refractivity contribution < 1.29 is 9.84 Å². The van der Waals surface area contributed by atoms with Gasteiger partial charge in [0.15, 0.2) is 0 Å². The summed E-state index contributed by atoms with van der Waals surface area (Å²) in [4.78, 5) is 0. The Morgan fingerprint density at radius 3 is 2.20 bits per heavy atom. The Hall–Kier alpha value is -0.120. The third-order valence-electron chi connectivity index (χ3n) is 0.241. The molecule has 0 aliphatic carbocycles. The summed E-state index contributed by atoms with van der Waals surface area (Å²) < 4.78 is 4.08. The van der Waals surface area contributed by atoms with E-state index in [-0.39, 0.29) is 0 Å². The van der Waals surface area contributed by atoms with Crippen LogP contribution in [0, 0.1) is 0 Å². The Labute approximate surface area is 30.4 Å². The van der Waals surface area contributed by atoms with Crippen LogP contribution in [0.4, 0.5) is 0 Å². The highest BCUT2D eigenvalue weighted by molar-refractivity contribution is 4.05. The third-order valence-corrected chi connectivity index (χ3v) is 0.241. The zero-order chi connectivity index (χ0) is 4.28. The number of hydrogen-bond acceptors (Lipinski definition) is 3. The standard InChI is InChI=1S/C2H7NO2/c1-5-2(3)4/h2,4H,3H2,1H3/t2-/m1/s1. The lowest BCUT2D eigenvalue weighted by molar-refractivity contribution is -0.0679. The molecule has 0 saturated heterocycles. The molecule has 0 bridgehead atoms. The van der Waals surface area contributed by atoms with E-state index in [4.69, 9.17) is 5.11 Å². The SMILES string of the molecule is CO[C@H](N)O. The second-order valence-corrected chi connectivity index (χ2v) is 0.626. The van der Waals surface area contributed by atoms with E-state index in [1.165, 1.54) is 7.11 Å². The fourth-order valence-electron chi connectivity index (χ4n) is 0. The van der Waals surface area contributed by atoms with Crippen molar-refractivity contribution in [3.8, 4) is 0 Å². The first-order valence-electron chi connectivity index (χ1n) is 1.24. The van der Waals surface area contributed by atoms with Gasteiger partial charge in [-0.1, -0.05) is 0 Å². The van der Waals surface area contributed by atoms with Crippen molar-refractivity contribution in [2.45, 2.75) is 6.41 Å². The van der Waals surface area contributed by atoms with Crippen LogP contribution in [0.1, 0.15) is 0 Å². The van der Waals surface area contributed by atoms with Gasteiger partial charge < -0.3 is 9.84 Å². The minimum absolute atomic E-state index is 1.12. The summed E-state index contributed by atoms with van der Waals surface area (Å²) in [7, 11) is 1.32. The molecule has 0 rings (SSSR count). The van der Waals surface area contributed by atoms with Crippen LogP contribution in [0.2, 0.25) is 0 Å². The number of aliphatic hydroxyl groups excluding tert-OH is 1. The van der Waals surface area contributed by atoms with Crippen molar-refractivity contribution in [2.75, 3.05) is 7.11 Å². The minimum Gasteiger partial charge on any atom is -0.356 e. The van der Waals surface area contributed by atoms with Gasteiger partial charge in [-0.2, -0.15) is 0 Å². The van der Waals surface area contributed by atoms with Crippen LogP contribution in [0.3, 0.4) is 0 Å². The molecule has 0 aliphatic rings. The summed E-state index contributed by atoms with van der Waals surface area (Å²) in [6.07, 6.45) is -1.12. The first-order valence-corrected chi connectivity index (χ1v) is 1.24. The predicted molar refractivity (Wildman–Crippen MR) is 17.2 cm³/mol. The zero-order valence-corrected chi connectivity index (χ0v) is 3.01. The summed E-state index contributed by atoms with van der Waals surface area (Å²) in [5.74, 6) is 0. The van der Waals surface area contributed by atoms with Gasteiger partial charge in [0.1, 0.15) is 0 Å². The van der Waals surface area contributed by atoms with E-state index in [2.05, 4.69) is 10.5 Å². The van der Waals surface area contributed by atoms with Gasteiger partial charge in [-0.15, -0.1) is 0 Å². The maximum Gasteiger partial charge on any atom is 0.210 e. The van der Waals surface area contributed by atoms with Gasteiger partial charge in [-0.3, -0.25) is 5.73 Å². The zero-order valence-electron chi connectivity index (χ0n) is 3.01. The topological polar surface area (TPSA) is 55.5 Å². The summed E-state index contributed by atoms with van der Waals surface area (Å²) >= 11 is 0. The number of nitrogens with two attached hydrogens (primary N) is 1. The molecule has 3 N–H and O–H groups in total. The van der Waals surface area contributed by atoms with E-state index in [0.717, 1.165) is 0 Å². The molecule has 0 amide bonds. The minimum atomic E-state index is -1.12. The molecule has 0 radical (unpaired) electrons. The predicted octanol–water partition coefficient (Wildman–Crippen LogP) is -1.13. The molecule has 0 saturated carbocycles. The van der Waals surface area contributed by atoms with Gasteiger partial charge in [-0.05, 0) is 0 Å². The number of hydrogen-bond donors (Lipinski definition) is 2. The molecule has 0 aromatic rings. The van der Waals surface area contributed by atoms with Crippen LogP contribution in [0.5, 0.6) is 0 Å². The quantitative estimate of drug-likeness (QED) is 0.389. The molecule has 0 spiro atoms. The van der Waals surface area contributed by atoms with E-state index < -0.39 is 6.41 Å². The van der Waals surface area contributed by atoms with Crippen LogP contribution in [0.25, 0.3) is 0 Å². The Morgan fingerprint density at radius 1 is 2.00 bits per heavy atom. The van der Waals surface area contributed by atoms with E-state index >= 15 is 0 Å². The van der Waals surface area contributed by atoms with Gasteiger partial charge in [0.05, 0.1) is 0 Å². The number of ether oxygens (including phenoxy) is 1. The first kappa shape index (κ1) is 4.88. The van der Waals surface area contributed by atoms with Crippen LogP contribution in [-0.2, 0) is 4.74 Å². The van der Waals surface area contributed by atoms with Gasteiger partial charge in [0, 0.05) is 7.11 Å². The molecule has 0 aliphatic heterocycles. The van der Waals surface area contributed by atoms with E-state index in [1.54, 1.807) is 0 Å². The summed E-state index contributed by atoms with van der Waals surface area (Å²) in [5.41, 5.74) is 4.62. The Bertz CT molecular complexity index is 21.6. The van der Waals surface area contributed by atoms with E-state index in [1.807, 2.05) is 0 Å². The maximum absolute atomic E-state index is 7.92. The van der Waals surface area contributed by atoms with Gasteiger partial charge in [0.25, 0.3) is 0 Å².